The molecule has 18 heavy (non-hydrogen) atoms. The van der Waals surface area contributed by atoms with Crippen LogP contribution in [0.4, 0.5) is 5.69 Å². The Labute approximate surface area is 118 Å². The van der Waals surface area contributed by atoms with E-state index in [0.717, 1.165) is 17.4 Å². The summed E-state index contributed by atoms with van der Waals surface area (Å²) in [6.07, 6.45) is 1.74. The number of hydrogen-bond donors (Lipinski definition) is 0. The molecule has 1 aromatic rings. The van der Waals surface area contributed by atoms with Gasteiger partial charge in [-0.3, -0.25) is 0 Å². The largest absolute Gasteiger partial charge is 0.365 e. The number of hydrogen-bond acceptors (Lipinski definition) is 2. The van der Waals surface area contributed by atoms with E-state index in [0.29, 0.717) is 12.3 Å². The average molecular weight is 307 g/mol. The normalized spacial score (nSPS) is 21.9. The second-order valence-corrected chi connectivity index (χ2v) is 6.46. The second kappa shape index (κ2) is 4.93. The highest BCUT2D eigenvalue weighted by Gasteiger charge is 2.41. The first-order valence-electron chi connectivity index (χ1n) is 6.37. The lowest BCUT2D eigenvalue weighted by molar-refractivity contribution is 0.371. The summed E-state index contributed by atoms with van der Waals surface area (Å²) >= 11 is 3.66. The van der Waals surface area contributed by atoms with Crippen molar-refractivity contribution >= 4 is 21.6 Å². The van der Waals surface area contributed by atoms with Crippen molar-refractivity contribution < 1.29 is 0 Å². The summed E-state index contributed by atoms with van der Waals surface area (Å²) < 4.78 is 1.15. The Kier molecular flexibility index (Phi) is 3.68. The Morgan fingerprint density at radius 2 is 2.22 bits per heavy atom. The van der Waals surface area contributed by atoms with Crippen LogP contribution < -0.4 is 4.90 Å². The molecule has 3 heteroatoms. The molecule has 0 spiro atoms. The summed E-state index contributed by atoms with van der Waals surface area (Å²) in [4.78, 5) is 2.43. The topological polar surface area (TPSA) is 27.0 Å². The fraction of sp³-hybridized carbons (Fsp3) is 0.533. The number of nitriles is 1. The number of halogens is 1. The van der Waals surface area contributed by atoms with Gasteiger partial charge in [0.15, 0.2) is 0 Å². The van der Waals surface area contributed by atoms with Crippen LogP contribution in [0.2, 0.25) is 0 Å². The van der Waals surface area contributed by atoms with Gasteiger partial charge in [-0.2, -0.15) is 5.26 Å². The zero-order valence-corrected chi connectivity index (χ0v) is 12.8. The molecule has 1 aliphatic heterocycles. The maximum atomic E-state index is 8.93. The van der Waals surface area contributed by atoms with Crippen molar-refractivity contribution in [3.8, 4) is 6.07 Å². The first-order chi connectivity index (χ1) is 8.46. The van der Waals surface area contributed by atoms with Crippen molar-refractivity contribution in [3.63, 3.8) is 0 Å². The van der Waals surface area contributed by atoms with Gasteiger partial charge in [0.25, 0.3) is 0 Å². The third kappa shape index (κ3) is 2.27. The summed E-state index contributed by atoms with van der Waals surface area (Å²) in [6.45, 7) is 7.62. The molecule has 2 rings (SSSR count). The summed E-state index contributed by atoms with van der Waals surface area (Å²) in [5.41, 5.74) is 2.55. The fourth-order valence-electron chi connectivity index (χ4n) is 2.87. The molecule has 1 unspecified atom stereocenters. The zero-order chi connectivity index (χ0) is 13.3. The van der Waals surface area contributed by atoms with Gasteiger partial charge in [-0.1, -0.05) is 6.07 Å². The molecule has 0 radical (unpaired) electrons. The Balaban J connectivity index is 2.32. The smallest absolute Gasteiger partial charge is 0.0625 e. The van der Waals surface area contributed by atoms with E-state index in [2.05, 4.69) is 65.9 Å². The molecule has 0 aliphatic carbocycles. The van der Waals surface area contributed by atoms with Gasteiger partial charge in [-0.05, 0) is 66.7 Å². The number of nitrogens with zero attached hydrogens (tertiary/aromatic N) is 2. The van der Waals surface area contributed by atoms with E-state index in [1.165, 1.54) is 11.3 Å². The van der Waals surface area contributed by atoms with Gasteiger partial charge in [0.1, 0.15) is 0 Å². The molecule has 2 nitrogen and oxygen atoms in total. The summed E-state index contributed by atoms with van der Waals surface area (Å²) in [5, 5.41) is 8.93. The summed E-state index contributed by atoms with van der Waals surface area (Å²) in [5.74, 6) is 0.454. The van der Waals surface area contributed by atoms with Crippen LogP contribution in [0.15, 0.2) is 22.7 Å². The standard InChI is InChI=1S/C15H19BrN2/c1-11-4-5-14(13(16)10-11)18-9-7-12(6-8-17)15(18,2)3/h4-5,10,12H,6-7,9H2,1-3H3. The highest BCUT2D eigenvalue weighted by molar-refractivity contribution is 9.10. The van der Waals surface area contributed by atoms with Gasteiger partial charge in [-0.15, -0.1) is 0 Å². The van der Waals surface area contributed by atoms with E-state index in [4.69, 9.17) is 5.26 Å². The SMILES string of the molecule is Cc1ccc(N2CCC(CC#N)C2(C)C)c(Br)c1. The van der Waals surface area contributed by atoms with Crippen LogP contribution in [0.1, 0.15) is 32.3 Å². The third-order valence-electron chi connectivity index (χ3n) is 4.13. The Bertz CT molecular complexity index is 488. The highest BCUT2D eigenvalue weighted by Crippen LogP contribution is 2.42. The second-order valence-electron chi connectivity index (χ2n) is 5.61. The third-order valence-corrected chi connectivity index (χ3v) is 4.76. The first kappa shape index (κ1) is 13.4. The summed E-state index contributed by atoms with van der Waals surface area (Å²) in [6, 6.07) is 8.80. The quantitative estimate of drug-likeness (QED) is 0.815. The molecule has 96 valence electrons. The van der Waals surface area contributed by atoms with E-state index in [1.54, 1.807) is 0 Å². The molecule has 1 fully saturated rings. The lowest BCUT2D eigenvalue weighted by Crippen LogP contribution is -2.42. The lowest BCUT2D eigenvalue weighted by atomic mass is 9.86. The maximum Gasteiger partial charge on any atom is 0.0625 e. The van der Waals surface area contributed by atoms with Gasteiger partial charge < -0.3 is 4.90 Å². The van der Waals surface area contributed by atoms with Gasteiger partial charge in [0.05, 0.1) is 11.8 Å². The van der Waals surface area contributed by atoms with E-state index in [1.807, 2.05) is 0 Å². The monoisotopic (exact) mass is 306 g/mol. The van der Waals surface area contributed by atoms with Crippen molar-refractivity contribution in [2.75, 3.05) is 11.4 Å². The predicted octanol–water partition coefficient (Wildman–Crippen LogP) is 4.28. The number of benzene rings is 1. The van der Waals surface area contributed by atoms with Crippen molar-refractivity contribution in [2.45, 2.75) is 39.2 Å². The van der Waals surface area contributed by atoms with Gasteiger partial charge in [0.2, 0.25) is 0 Å². The van der Waals surface area contributed by atoms with Crippen molar-refractivity contribution in [1.29, 1.82) is 5.26 Å². The average Bonchev–Trinajstić information content (AvgIpc) is 2.56. The molecule has 0 N–H and O–H groups in total. The van der Waals surface area contributed by atoms with Gasteiger partial charge in [0, 0.05) is 23.0 Å². The Morgan fingerprint density at radius 3 is 2.83 bits per heavy atom. The Morgan fingerprint density at radius 1 is 1.50 bits per heavy atom. The minimum atomic E-state index is 0.0491. The minimum absolute atomic E-state index is 0.0491. The van der Waals surface area contributed by atoms with Crippen LogP contribution in [-0.4, -0.2) is 12.1 Å². The van der Waals surface area contributed by atoms with Crippen molar-refractivity contribution in [2.24, 2.45) is 5.92 Å². The predicted molar refractivity (Wildman–Crippen MR) is 78.6 cm³/mol. The number of aryl methyl sites for hydroxylation is 1. The molecule has 0 saturated carbocycles. The van der Waals surface area contributed by atoms with E-state index >= 15 is 0 Å². The molecular weight excluding hydrogens is 288 g/mol. The van der Waals surface area contributed by atoms with Crippen LogP contribution >= 0.6 is 15.9 Å². The van der Waals surface area contributed by atoms with Crippen molar-refractivity contribution in [3.05, 3.63) is 28.2 Å². The number of anilines is 1. The van der Waals surface area contributed by atoms with E-state index in [9.17, 15) is 0 Å². The Hall–Kier alpha value is -1.01. The summed E-state index contributed by atoms with van der Waals surface area (Å²) in [7, 11) is 0. The molecule has 1 heterocycles. The lowest BCUT2D eigenvalue weighted by Gasteiger charge is -2.37. The molecule has 1 atom stereocenters. The molecule has 1 aromatic carbocycles. The van der Waals surface area contributed by atoms with Gasteiger partial charge in [-0.25, -0.2) is 0 Å². The zero-order valence-electron chi connectivity index (χ0n) is 11.2. The van der Waals surface area contributed by atoms with Crippen LogP contribution in [0.3, 0.4) is 0 Å². The van der Waals surface area contributed by atoms with Gasteiger partial charge >= 0.3 is 0 Å². The van der Waals surface area contributed by atoms with Crippen LogP contribution in [0.5, 0.6) is 0 Å². The molecule has 1 saturated heterocycles. The molecule has 0 amide bonds. The van der Waals surface area contributed by atoms with E-state index < -0.39 is 0 Å². The minimum Gasteiger partial charge on any atom is -0.365 e. The molecule has 1 aliphatic rings. The van der Waals surface area contributed by atoms with E-state index in [-0.39, 0.29) is 5.54 Å². The number of rotatable bonds is 2. The van der Waals surface area contributed by atoms with Crippen LogP contribution in [0.25, 0.3) is 0 Å². The fourth-order valence-corrected chi connectivity index (χ4v) is 3.58. The van der Waals surface area contributed by atoms with Crippen molar-refractivity contribution in [1.82, 2.24) is 0 Å². The molecular formula is C15H19BrN2. The maximum absolute atomic E-state index is 8.93. The van der Waals surface area contributed by atoms with Crippen LogP contribution in [-0.2, 0) is 0 Å². The first-order valence-corrected chi connectivity index (χ1v) is 7.17. The van der Waals surface area contributed by atoms with Crippen LogP contribution in [0, 0.1) is 24.2 Å². The molecule has 0 bridgehead atoms. The molecule has 0 aromatic heterocycles. The highest BCUT2D eigenvalue weighted by atomic mass is 79.9.